The van der Waals surface area contributed by atoms with E-state index in [2.05, 4.69) is 10.3 Å². The lowest BCUT2D eigenvalue weighted by atomic mass is 9.70. The predicted molar refractivity (Wildman–Crippen MR) is 122 cm³/mol. The van der Waals surface area contributed by atoms with Gasteiger partial charge in [0.25, 0.3) is 6.01 Å². The van der Waals surface area contributed by atoms with Crippen LogP contribution in [0.5, 0.6) is 0 Å². The number of carboxylic acid groups (broad SMARTS) is 1. The summed E-state index contributed by atoms with van der Waals surface area (Å²) in [6.45, 7) is 0. The number of carboxylic acids is 1. The van der Waals surface area contributed by atoms with E-state index in [1.807, 2.05) is 36.4 Å². The number of nitrogens with zero attached hydrogens (tertiary/aromatic N) is 1. The molecule has 0 saturated heterocycles. The van der Waals surface area contributed by atoms with Crippen molar-refractivity contribution in [3.8, 4) is 11.1 Å². The molecule has 3 aromatic carbocycles. The molecule has 1 aliphatic rings. The molecule has 160 valence electrons. The molecule has 1 fully saturated rings. The molecular weight excluding hydrogens is 428 g/mol. The zero-order valence-electron chi connectivity index (χ0n) is 16.9. The van der Waals surface area contributed by atoms with Crippen LogP contribution in [0.25, 0.3) is 22.2 Å². The van der Waals surface area contributed by atoms with Crippen LogP contribution in [0.4, 0.5) is 11.7 Å². The lowest BCUT2D eigenvalue weighted by Gasteiger charge is -2.31. The van der Waals surface area contributed by atoms with Crippen LogP contribution in [0.3, 0.4) is 0 Å². The summed E-state index contributed by atoms with van der Waals surface area (Å²) >= 11 is 5.98. The number of halogens is 1. The van der Waals surface area contributed by atoms with Crippen LogP contribution >= 0.6 is 11.6 Å². The third kappa shape index (κ3) is 3.85. The van der Waals surface area contributed by atoms with Crippen molar-refractivity contribution in [2.45, 2.75) is 12.8 Å². The second kappa shape index (κ2) is 8.13. The highest BCUT2D eigenvalue weighted by atomic mass is 35.5. The minimum Gasteiger partial charge on any atom is -0.481 e. The average Bonchev–Trinajstić information content (AvgIpc) is 3.14. The largest absolute Gasteiger partial charge is 0.481 e. The van der Waals surface area contributed by atoms with E-state index < -0.39 is 17.8 Å². The van der Waals surface area contributed by atoms with Crippen molar-refractivity contribution in [3.05, 3.63) is 77.3 Å². The second-order valence-corrected chi connectivity index (χ2v) is 8.34. The molecule has 7 heteroatoms. The average molecular weight is 447 g/mol. The monoisotopic (exact) mass is 446 g/mol. The van der Waals surface area contributed by atoms with Crippen molar-refractivity contribution in [3.63, 3.8) is 0 Å². The zero-order valence-corrected chi connectivity index (χ0v) is 17.7. The van der Waals surface area contributed by atoms with E-state index in [4.69, 9.17) is 16.0 Å². The summed E-state index contributed by atoms with van der Waals surface area (Å²) in [5, 5.41) is 12.9. The van der Waals surface area contributed by atoms with Crippen molar-refractivity contribution in [1.82, 2.24) is 4.98 Å². The first kappa shape index (κ1) is 20.3. The minimum atomic E-state index is -0.887. The number of hydrogen-bond donors (Lipinski definition) is 2. The number of fused-ring (bicyclic) bond motifs is 1. The summed E-state index contributed by atoms with van der Waals surface area (Å²) in [7, 11) is 0. The zero-order chi connectivity index (χ0) is 22.2. The summed E-state index contributed by atoms with van der Waals surface area (Å²) in [5.74, 6) is -1.94. The normalized spacial score (nSPS) is 17.7. The molecular formula is C25H19ClN2O4. The molecule has 1 aliphatic carbocycles. The van der Waals surface area contributed by atoms with Gasteiger partial charge in [-0.15, -0.1) is 0 Å². The van der Waals surface area contributed by atoms with E-state index in [1.54, 1.807) is 30.3 Å². The minimum absolute atomic E-state index is 0.0885. The summed E-state index contributed by atoms with van der Waals surface area (Å²) in [6.07, 6.45) is 1.21. The third-order valence-corrected chi connectivity index (χ3v) is 6.15. The van der Waals surface area contributed by atoms with Gasteiger partial charge in [0, 0.05) is 28.3 Å². The molecule has 0 spiro atoms. The summed E-state index contributed by atoms with van der Waals surface area (Å²) < 4.78 is 5.68. The first-order valence-electron chi connectivity index (χ1n) is 10.3. The van der Waals surface area contributed by atoms with Gasteiger partial charge >= 0.3 is 5.97 Å². The van der Waals surface area contributed by atoms with E-state index in [-0.39, 0.29) is 5.78 Å². The SMILES string of the molecule is O=C(O)[C@H]1CC[C@@H]1C(=O)c1ccc(-c2ccc(Nc3nc4ccc(Cl)cc4o3)cc2)cc1. The molecule has 0 unspecified atom stereocenters. The quantitative estimate of drug-likeness (QED) is 0.343. The van der Waals surface area contributed by atoms with Crippen LogP contribution in [0.1, 0.15) is 23.2 Å². The van der Waals surface area contributed by atoms with Gasteiger partial charge < -0.3 is 14.8 Å². The summed E-state index contributed by atoms with van der Waals surface area (Å²) in [5.41, 5.74) is 4.67. The van der Waals surface area contributed by atoms with Gasteiger partial charge in [-0.1, -0.05) is 48.0 Å². The highest BCUT2D eigenvalue weighted by molar-refractivity contribution is 6.31. The predicted octanol–water partition coefficient (Wildman–Crippen LogP) is 6.19. The Kier molecular flexibility index (Phi) is 5.15. The number of rotatable bonds is 6. The van der Waals surface area contributed by atoms with Gasteiger partial charge in [-0.3, -0.25) is 9.59 Å². The maximum atomic E-state index is 12.6. The molecule has 6 nitrogen and oxygen atoms in total. The van der Waals surface area contributed by atoms with Crippen molar-refractivity contribution in [1.29, 1.82) is 0 Å². The smallest absolute Gasteiger partial charge is 0.307 e. The number of hydrogen-bond acceptors (Lipinski definition) is 5. The highest BCUT2D eigenvalue weighted by Gasteiger charge is 2.41. The number of oxazole rings is 1. The van der Waals surface area contributed by atoms with Crippen molar-refractivity contribution < 1.29 is 19.1 Å². The van der Waals surface area contributed by atoms with Crippen LogP contribution < -0.4 is 5.32 Å². The van der Waals surface area contributed by atoms with Crippen LogP contribution in [0.15, 0.2) is 71.1 Å². The van der Waals surface area contributed by atoms with Gasteiger partial charge in [-0.2, -0.15) is 4.98 Å². The number of anilines is 2. The van der Waals surface area contributed by atoms with E-state index in [0.29, 0.717) is 35.0 Å². The second-order valence-electron chi connectivity index (χ2n) is 7.90. The number of benzene rings is 3. The number of aliphatic carboxylic acids is 1. The summed E-state index contributed by atoms with van der Waals surface area (Å²) in [4.78, 5) is 28.2. The van der Waals surface area contributed by atoms with E-state index in [9.17, 15) is 14.7 Å². The number of aromatic nitrogens is 1. The van der Waals surface area contributed by atoms with Gasteiger partial charge in [0.05, 0.1) is 5.92 Å². The molecule has 0 amide bonds. The standard InChI is InChI=1S/C25H19ClN2O4/c26-17-7-12-21-22(13-17)32-25(28-21)27-18-8-5-15(6-9-18)14-1-3-16(4-2-14)23(29)19-10-11-20(19)24(30)31/h1-9,12-13,19-20H,10-11H2,(H,27,28)(H,30,31)/t19-,20-/m0/s1. The molecule has 1 saturated carbocycles. The number of carbonyl (C=O) groups is 2. The Morgan fingerprint density at radius 2 is 1.59 bits per heavy atom. The maximum Gasteiger partial charge on any atom is 0.307 e. The fourth-order valence-electron chi connectivity index (χ4n) is 3.97. The fourth-order valence-corrected chi connectivity index (χ4v) is 4.13. The molecule has 0 aliphatic heterocycles. The van der Waals surface area contributed by atoms with Crippen molar-refractivity contribution in [2.24, 2.45) is 11.8 Å². The number of carbonyl (C=O) groups excluding carboxylic acids is 1. The van der Waals surface area contributed by atoms with E-state index >= 15 is 0 Å². The van der Waals surface area contributed by atoms with Gasteiger partial charge in [0.1, 0.15) is 5.52 Å². The Bertz CT molecular complexity index is 1310. The first-order chi connectivity index (χ1) is 15.5. The van der Waals surface area contributed by atoms with Crippen molar-refractivity contribution in [2.75, 3.05) is 5.32 Å². The van der Waals surface area contributed by atoms with Crippen molar-refractivity contribution >= 4 is 46.2 Å². The van der Waals surface area contributed by atoms with E-state index in [1.165, 1.54) is 0 Å². The first-order valence-corrected chi connectivity index (χ1v) is 10.7. The Balaban J connectivity index is 1.28. The number of nitrogens with one attached hydrogen (secondary N) is 1. The van der Waals surface area contributed by atoms with Crippen LogP contribution in [-0.4, -0.2) is 21.8 Å². The summed E-state index contributed by atoms with van der Waals surface area (Å²) in [6, 6.07) is 20.7. The van der Waals surface area contributed by atoms with Gasteiger partial charge in [-0.05, 0) is 48.2 Å². The van der Waals surface area contributed by atoms with Crippen LogP contribution in [-0.2, 0) is 4.79 Å². The topological polar surface area (TPSA) is 92.4 Å². The van der Waals surface area contributed by atoms with Gasteiger partial charge in [-0.25, -0.2) is 0 Å². The Labute approximate surface area is 188 Å². The Morgan fingerprint density at radius 1 is 0.938 bits per heavy atom. The third-order valence-electron chi connectivity index (χ3n) is 5.92. The molecule has 0 bridgehead atoms. The molecule has 5 rings (SSSR count). The lowest BCUT2D eigenvalue weighted by molar-refractivity contribution is -0.146. The molecule has 1 heterocycles. The molecule has 0 radical (unpaired) electrons. The molecule has 1 aromatic heterocycles. The Hall–Kier alpha value is -3.64. The van der Waals surface area contributed by atoms with Crippen LogP contribution in [0.2, 0.25) is 5.02 Å². The Morgan fingerprint density at radius 3 is 2.22 bits per heavy atom. The van der Waals surface area contributed by atoms with Gasteiger partial charge in [0.2, 0.25) is 0 Å². The highest BCUT2D eigenvalue weighted by Crippen LogP contribution is 2.37. The maximum absolute atomic E-state index is 12.6. The lowest BCUT2D eigenvalue weighted by Crippen LogP contribution is -2.38. The molecule has 4 aromatic rings. The van der Waals surface area contributed by atoms with Gasteiger partial charge in [0.15, 0.2) is 11.4 Å². The molecule has 32 heavy (non-hydrogen) atoms. The molecule has 2 atom stereocenters. The van der Waals surface area contributed by atoms with E-state index in [0.717, 1.165) is 22.3 Å². The number of Topliss-reactive ketones (excluding diaryl/α,β-unsaturated/α-hetero) is 1. The molecule has 2 N–H and O–H groups in total. The number of ketones is 1. The fraction of sp³-hybridized carbons (Fsp3) is 0.160. The van der Waals surface area contributed by atoms with Crippen LogP contribution in [0, 0.1) is 11.8 Å².